The van der Waals surface area contributed by atoms with Crippen molar-refractivity contribution < 1.29 is 9.53 Å². The number of benzene rings is 2. The first kappa shape index (κ1) is 18.3. The summed E-state index contributed by atoms with van der Waals surface area (Å²) >= 11 is 0. The number of aromatic amines is 1. The summed E-state index contributed by atoms with van der Waals surface area (Å²) in [5, 5.41) is 0. The molecule has 6 heteroatoms. The number of aromatic nitrogens is 2. The summed E-state index contributed by atoms with van der Waals surface area (Å²) < 4.78 is 5.35. The highest BCUT2D eigenvalue weighted by Gasteiger charge is 2.21. The van der Waals surface area contributed by atoms with Gasteiger partial charge in [0.1, 0.15) is 11.6 Å². The quantitative estimate of drug-likeness (QED) is 0.717. The molecule has 0 spiro atoms. The van der Waals surface area contributed by atoms with E-state index in [0.717, 1.165) is 60.1 Å². The largest absolute Gasteiger partial charge is 0.496 e. The van der Waals surface area contributed by atoms with Crippen LogP contribution in [0.3, 0.4) is 0 Å². The number of carbonyl (C=O) groups excluding carboxylic acids is 1. The van der Waals surface area contributed by atoms with Crippen LogP contribution < -0.4 is 10.5 Å². The fourth-order valence-corrected chi connectivity index (χ4v) is 3.71. The molecule has 3 aromatic rings. The van der Waals surface area contributed by atoms with Gasteiger partial charge in [0.2, 0.25) is 5.91 Å². The van der Waals surface area contributed by atoms with E-state index in [1.165, 1.54) is 5.56 Å². The minimum atomic E-state index is -0.422. The maximum atomic E-state index is 11.2. The zero-order valence-corrected chi connectivity index (χ0v) is 16.2. The van der Waals surface area contributed by atoms with Gasteiger partial charge in [-0.05, 0) is 36.2 Å². The minimum Gasteiger partial charge on any atom is -0.496 e. The van der Waals surface area contributed by atoms with Crippen molar-refractivity contribution >= 4 is 5.91 Å². The number of carbonyl (C=O) groups is 1. The topological polar surface area (TPSA) is 84.2 Å². The van der Waals surface area contributed by atoms with E-state index in [4.69, 9.17) is 15.5 Å². The van der Waals surface area contributed by atoms with Crippen molar-refractivity contribution in [3.8, 4) is 17.1 Å². The van der Waals surface area contributed by atoms with Crippen molar-refractivity contribution in [2.24, 2.45) is 5.73 Å². The van der Waals surface area contributed by atoms with E-state index >= 15 is 0 Å². The number of imidazole rings is 1. The maximum absolute atomic E-state index is 11.2. The van der Waals surface area contributed by atoms with Gasteiger partial charge in [0.25, 0.3) is 0 Å². The Morgan fingerprint density at radius 2 is 2.04 bits per heavy atom. The van der Waals surface area contributed by atoms with Crippen LogP contribution in [0.4, 0.5) is 0 Å². The Morgan fingerprint density at radius 3 is 2.71 bits per heavy atom. The molecule has 0 unspecified atom stereocenters. The summed E-state index contributed by atoms with van der Waals surface area (Å²) in [5.41, 5.74) is 11.5. The SMILES string of the molecule is COc1ccc(CN2CCc3nc(-c4ccc(C(N)=O)cc4)[nH]c3C2)cc1C. The molecule has 0 radical (unpaired) electrons. The first-order valence-electron chi connectivity index (χ1n) is 9.37. The number of nitrogens with two attached hydrogens (primary N) is 1. The summed E-state index contributed by atoms with van der Waals surface area (Å²) in [7, 11) is 1.70. The van der Waals surface area contributed by atoms with E-state index < -0.39 is 5.91 Å². The van der Waals surface area contributed by atoms with Crippen LogP contribution in [0.5, 0.6) is 5.75 Å². The number of amides is 1. The number of rotatable bonds is 5. The van der Waals surface area contributed by atoms with Gasteiger partial charge in [0, 0.05) is 37.2 Å². The molecule has 1 aromatic heterocycles. The van der Waals surface area contributed by atoms with E-state index in [2.05, 4.69) is 28.9 Å². The second-order valence-corrected chi connectivity index (χ2v) is 7.22. The van der Waals surface area contributed by atoms with E-state index in [1.54, 1.807) is 19.2 Å². The van der Waals surface area contributed by atoms with Crippen LogP contribution in [-0.2, 0) is 19.5 Å². The fraction of sp³-hybridized carbons (Fsp3) is 0.273. The molecule has 3 N–H and O–H groups in total. The lowest BCUT2D eigenvalue weighted by Crippen LogP contribution is -2.30. The van der Waals surface area contributed by atoms with Crippen LogP contribution in [0.25, 0.3) is 11.4 Å². The van der Waals surface area contributed by atoms with E-state index in [0.29, 0.717) is 5.56 Å². The molecule has 0 saturated heterocycles. The summed E-state index contributed by atoms with van der Waals surface area (Å²) in [6.07, 6.45) is 0.917. The molecule has 4 rings (SSSR count). The average molecular weight is 376 g/mol. The number of methoxy groups -OCH3 is 1. The highest BCUT2D eigenvalue weighted by Crippen LogP contribution is 2.25. The Labute approximate surface area is 164 Å². The lowest BCUT2D eigenvalue weighted by Gasteiger charge is -2.26. The van der Waals surface area contributed by atoms with E-state index in [-0.39, 0.29) is 0 Å². The number of hydrogen-bond donors (Lipinski definition) is 2. The standard InChI is InChI=1S/C22H24N4O2/c1-14-11-15(3-8-20(14)28-2)12-26-10-9-18-19(13-26)25-22(24-18)17-6-4-16(5-7-17)21(23)27/h3-8,11H,9-10,12-13H2,1-2H3,(H2,23,27)(H,24,25). The molecular weight excluding hydrogens is 352 g/mol. The van der Waals surface area contributed by atoms with Gasteiger partial charge in [-0.15, -0.1) is 0 Å². The predicted molar refractivity (Wildman–Crippen MR) is 108 cm³/mol. The van der Waals surface area contributed by atoms with Crippen LogP contribution in [-0.4, -0.2) is 34.4 Å². The van der Waals surface area contributed by atoms with Crippen molar-refractivity contribution in [1.29, 1.82) is 0 Å². The summed E-state index contributed by atoms with van der Waals surface area (Å²) in [6.45, 7) is 4.78. The Hall–Kier alpha value is -3.12. The molecule has 2 aromatic carbocycles. The Morgan fingerprint density at radius 1 is 1.25 bits per heavy atom. The second-order valence-electron chi connectivity index (χ2n) is 7.22. The molecule has 0 bridgehead atoms. The third-order valence-electron chi connectivity index (χ3n) is 5.22. The predicted octanol–water partition coefficient (Wildman–Crippen LogP) is 3.05. The van der Waals surface area contributed by atoms with Crippen molar-refractivity contribution in [2.45, 2.75) is 26.4 Å². The summed E-state index contributed by atoms with van der Waals surface area (Å²) in [5.74, 6) is 1.34. The summed E-state index contributed by atoms with van der Waals surface area (Å²) in [6, 6.07) is 13.6. The monoisotopic (exact) mass is 376 g/mol. The van der Waals surface area contributed by atoms with Crippen molar-refractivity contribution in [3.05, 3.63) is 70.5 Å². The van der Waals surface area contributed by atoms with Gasteiger partial charge >= 0.3 is 0 Å². The number of ether oxygens (including phenoxy) is 1. The van der Waals surface area contributed by atoms with Crippen LogP contribution in [0.2, 0.25) is 0 Å². The molecule has 1 aliphatic heterocycles. The first-order chi connectivity index (χ1) is 13.5. The van der Waals surface area contributed by atoms with Gasteiger partial charge in [0.05, 0.1) is 18.5 Å². The number of nitrogens with one attached hydrogen (secondary N) is 1. The highest BCUT2D eigenvalue weighted by atomic mass is 16.5. The van der Waals surface area contributed by atoms with Crippen LogP contribution in [0.1, 0.15) is 32.9 Å². The van der Waals surface area contributed by atoms with Crippen molar-refractivity contribution in [3.63, 3.8) is 0 Å². The number of H-pyrrole nitrogens is 1. The first-order valence-corrected chi connectivity index (χ1v) is 9.37. The molecule has 0 atom stereocenters. The van der Waals surface area contributed by atoms with Crippen LogP contribution in [0, 0.1) is 6.92 Å². The molecule has 0 fully saturated rings. The molecule has 1 amide bonds. The maximum Gasteiger partial charge on any atom is 0.248 e. The molecule has 1 aliphatic rings. The highest BCUT2D eigenvalue weighted by molar-refractivity contribution is 5.93. The fourth-order valence-electron chi connectivity index (χ4n) is 3.71. The molecule has 28 heavy (non-hydrogen) atoms. The number of hydrogen-bond acceptors (Lipinski definition) is 4. The van der Waals surface area contributed by atoms with Gasteiger partial charge in [-0.2, -0.15) is 0 Å². The van der Waals surface area contributed by atoms with Crippen molar-refractivity contribution in [2.75, 3.05) is 13.7 Å². The number of nitrogens with zero attached hydrogens (tertiary/aromatic N) is 2. The zero-order chi connectivity index (χ0) is 19.7. The van der Waals surface area contributed by atoms with Crippen LogP contribution in [0.15, 0.2) is 42.5 Å². The van der Waals surface area contributed by atoms with Gasteiger partial charge < -0.3 is 15.5 Å². The number of fused-ring (bicyclic) bond motifs is 1. The van der Waals surface area contributed by atoms with Crippen LogP contribution >= 0.6 is 0 Å². The molecular formula is C22H24N4O2. The average Bonchev–Trinajstić information content (AvgIpc) is 3.11. The van der Waals surface area contributed by atoms with Crippen molar-refractivity contribution in [1.82, 2.24) is 14.9 Å². The lowest BCUT2D eigenvalue weighted by atomic mass is 10.1. The van der Waals surface area contributed by atoms with E-state index in [1.807, 2.05) is 18.2 Å². The number of primary amides is 1. The minimum absolute atomic E-state index is 0.422. The molecule has 2 heterocycles. The third-order valence-corrected chi connectivity index (χ3v) is 5.22. The molecule has 0 saturated carbocycles. The molecule has 0 aliphatic carbocycles. The Kier molecular flexibility index (Phi) is 4.88. The van der Waals surface area contributed by atoms with Gasteiger partial charge in [0.15, 0.2) is 0 Å². The normalized spacial score (nSPS) is 13.9. The molecule has 144 valence electrons. The Balaban J connectivity index is 1.48. The lowest BCUT2D eigenvalue weighted by molar-refractivity contribution is 0.100. The van der Waals surface area contributed by atoms with Gasteiger partial charge in [-0.1, -0.05) is 24.3 Å². The number of aryl methyl sites for hydroxylation is 1. The van der Waals surface area contributed by atoms with Gasteiger partial charge in [-0.3, -0.25) is 9.69 Å². The van der Waals surface area contributed by atoms with Gasteiger partial charge in [-0.25, -0.2) is 4.98 Å². The second kappa shape index (κ2) is 7.48. The van der Waals surface area contributed by atoms with E-state index in [9.17, 15) is 4.79 Å². The zero-order valence-electron chi connectivity index (χ0n) is 16.2. The molecule has 6 nitrogen and oxygen atoms in total. The smallest absolute Gasteiger partial charge is 0.248 e. The third kappa shape index (κ3) is 3.64. The Bertz CT molecular complexity index is 1010. The summed E-state index contributed by atoms with van der Waals surface area (Å²) in [4.78, 5) is 21.9.